The molecule has 3 heterocycles. The van der Waals surface area contributed by atoms with Crippen LogP contribution >= 0.6 is 23.2 Å². The van der Waals surface area contributed by atoms with Crippen molar-refractivity contribution in [2.75, 3.05) is 30.3 Å². The van der Waals surface area contributed by atoms with Crippen molar-refractivity contribution in [1.29, 1.82) is 0 Å². The lowest BCUT2D eigenvalue weighted by atomic mass is 9.76. The molecule has 3 aromatic rings. The number of hydrogen-bond donors (Lipinski definition) is 3. The zero-order valence-electron chi connectivity index (χ0n) is 21.1. The first-order chi connectivity index (χ1) is 18.9. The fourth-order valence-corrected chi connectivity index (χ4v) is 5.60. The van der Waals surface area contributed by atoms with Gasteiger partial charge < -0.3 is 25.8 Å². The number of piperidine rings is 1. The van der Waals surface area contributed by atoms with Crippen molar-refractivity contribution >= 4 is 40.9 Å². The van der Waals surface area contributed by atoms with Gasteiger partial charge in [-0.2, -0.15) is 23.1 Å². The van der Waals surface area contributed by atoms with Crippen molar-refractivity contribution in [3.05, 3.63) is 64.1 Å². The number of nitrogens with two attached hydrogens (primary N) is 1. The van der Waals surface area contributed by atoms with Gasteiger partial charge in [0.05, 0.1) is 10.0 Å². The molecule has 2 atom stereocenters. The number of nitrogens with one attached hydrogen (secondary N) is 1. The molecule has 0 amide bonds. The molecule has 212 valence electrons. The number of nitrogens with zero attached hydrogens (tertiary/aromatic N) is 3. The van der Waals surface area contributed by atoms with Gasteiger partial charge >= 0.3 is 12.1 Å². The Bertz CT molecular complexity index is 1400. The summed E-state index contributed by atoms with van der Waals surface area (Å²) in [5, 5.41) is 13.1. The first kappa shape index (κ1) is 28.3. The molecule has 2 aliphatic rings. The van der Waals surface area contributed by atoms with E-state index in [1.54, 1.807) is 30.3 Å². The third kappa shape index (κ3) is 6.06. The molecule has 4 N–H and O–H groups in total. The van der Waals surface area contributed by atoms with E-state index in [1.807, 2.05) is 4.90 Å². The number of carbonyl (C=O) groups is 1. The van der Waals surface area contributed by atoms with Crippen LogP contribution in [-0.4, -0.2) is 52.9 Å². The van der Waals surface area contributed by atoms with Crippen LogP contribution in [0.3, 0.4) is 0 Å². The van der Waals surface area contributed by atoms with Gasteiger partial charge in [0.25, 0.3) is 0 Å². The molecular weight excluding hydrogens is 570 g/mol. The molecule has 0 saturated carbocycles. The smallest absolute Gasteiger partial charge is 0.429 e. The topological polar surface area (TPSA) is 114 Å². The highest BCUT2D eigenvalue weighted by Crippen LogP contribution is 2.41. The van der Waals surface area contributed by atoms with Crippen LogP contribution in [0.15, 0.2) is 48.5 Å². The van der Waals surface area contributed by atoms with E-state index in [-0.39, 0.29) is 22.8 Å². The minimum Gasteiger partial charge on any atom is -0.480 e. The van der Waals surface area contributed by atoms with Crippen molar-refractivity contribution in [1.82, 2.24) is 15.3 Å². The molecule has 5 rings (SSSR count). The Morgan fingerprint density at radius 2 is 1.75 bits per heavy atom. The lowest BCUT2D eigenvalue weighted by Crippen LogP contribution is -2.41. The number of anilines is 2. The number of halogens is 5. The molecule has 2 aliphatic heterocycles. The number of carboxylic acids is 1. The minimum absolute atomic E-state index is 0.114. The highest BCUT2D eigenvalue weighted by atomic mass is 35.5. The van der Waals surface area contributed by atoms with Crippen LogP contribution in [0.1, 0.15) is 30.9 Å². The van der Waals surface area contributed by atoms with Gasteiger partial charge in [-0.05, 0) is 47.9 Å². The average molecular weight is 596 g/mol. The highest BCUT2D eigenvalue weighted by Gasteiger charge is 2.45. The van der Waals surface area contributed by atoms with Gasteiger partial charge in [0, 0.05) is 31.3 Å². The lowest BCUT2D eigenvalue weighted by molar-refractivity contribution is -0.198. The summed E-state index contributed by atoms with van der Waals surface area (Å²) in [5.41, 5.74) is 6.97. The van der Waals surface area contributed by atoms with E-state index in [4.69, 9.17) is 33.7 Å². The fourth-order valence-electron chi connectivity index (χ4n) is 5.31. The van der Waals surface area contributed by atoms with E-state index >= 15 is 0 Å². The van der Waals surface area contributed by atoms with Crippen molar-refractivity contribution in [2.45, 2.75) is 37.6 Å². The van der Waals surface area contributed by atoms with Crippen molar-refractivity contribution in [3.63, 3.8) is 0 Å². The van der Waals surface area contributed by atoms with Crippen molar-refractivity contribution in [3.8, 4) is 17.0 Å². The summed E-state index contributed by atoms with van der Waals surface area (Å²) in [6.07, 6.45) is -5.08. The summed E-state index contributed by atoms with van der Waals surface area (Å²) in [6, 6.07) is 11.5. The molecule has 2 aromatic carbocycles. The Balaban J connectivity index is 1.32. The Morgan fingerprint density at radius 3 is 2.35 bits per heavy atom. The molecule has 0 aliphatic carbocycles. The van der Waals surface area contributed by atoms with E-state index in [2.05, 4.69) is 15.3 Å². The summed E-state index contributed by atoms with van der Waals surface area (Å²) < 4.78 is 47.8. The molecule has 2 fully saturated rings. The SMILES string of the molecule is Nc1nc(O[C@H](c2ccc(-c3ccc(Cl)c(Cl)c3)cc2)C(F)(F)F)cc(N2CCC3(CC2)CNC(C(=O)O)C3)n1. The standard InChI is InChI=1S/C27H26Cl2F3N5O3/c28-18-6-5-17(11-19(18)29)15-1-3-16(4-2-15)23(27(30,31)32)40-22-12-21(35-25(33)36-22)37-9-7-26(8-10-37)13-20(24(38)39)34-14-26/h1-6,11-12,20,23,34H,7-10,13-14H2,(H,38,39)(H2,33,35,36)/t20?,23-/m1/s1. The third-order valence-corrected chi connectivity index (χ3v) is 8.25. The van der Waals surface area contributed by atoms with Crippen LogP contribution in [0.25, 0.3) is 11.1 Å². The van der Waals surface area contributed by atoms with E-state index < -0.39 is 24.3 Å². The second kappa shape index (κ2) is 10.9. The Labute approximate surface area is 238 Å². The summed E-state index contributed by atoms with van der Waals surface area (Å²) in [6.45, 7) is 1.70. The first-order valence-corrected chi connectivity index (χ1v) is 13.3. The lowest BCUT2D eigenvalue weighted by Gasteiger charge is -2.39. The second-order valence-corrected chi connectivity index (χ2v) is 11.0. The fraction of sp³-hybridized carbons (Fsp3) is 0.370. The molecule has 1 unspecified atom stereocenters. The summed E-state index contributed by atoms with van der Waals surface area (Å²) >= 11 is 12.0. The van der Waals surface area contributed by atoms with Crippen LogP contribution in [0, 0.1) is 5.41 Å². The largest absolute Gasteiger partial charge is 0.480 e. The zero-order valence-corrected chi connectivity index (χ0v) is 22.6. The number of ether oxygens (including phenoxy) is 1. The van der Waals surface area contributed by atoms with Gasteiger partial charge in [0.15, 0.2) is 0 Å². The predicted octanol–water partition coefficient (Wildman–Crippen LogP) is 5.75. The molecule has 0 radical (unpaired) electrons. The van der Waals surface area contributed by atoms with E-state index in [0.717, 1.165) is 0 Å². The van der Waals surface area contributed by atoms with Crippen molar-refractivity contribution < 1.29 is 27.8 Å². The van der Waals surface area contributed by atoms with Crippen LogP contribution in [-0.2, 0) is 4.79 Å². The normalized spacial score (nSPS) is 19.5. The molecule has 13 heteroatoms. The highest BCUT2D eigenvalue weighted by molar-refractivity contribution is 6.42. The van der Waals surface area contributed by atoms with Crippen LogP contribution < -0.4 is 20.7 Å². The number of carboxylic acid groups (broad SMARTS) is 1. The van der Waals surface area contributed by atoms with Crippen LogP contribution in [0.4, 0.5) is 24.9 Å². The maximum Gasteiger partial charge on any atom is 0.429 e. The van der Waals surface area contributed by atoms with Gasteiger partial charge in [-0.15, -0.1) is 0 Å². The number of hydrogen-bond acceptors (Lipinski definition) is 7. The number of aliphatic carboxylic acids is 1. The minimum atomic E-state index is -4.74. The Kier molecular flexibility index (Phi) is 7.73. The average Bonchev–Trinajstić information content (AvgIpc) is 3.32. The molecule has 8 nitrogen and oxygen atoms in total. The molecule has 1 aromatic heterocycles. The predicted molar refractivity (Wildman–Crippen MR) is 146 cm³/mol. The molecule has 0 bridgehead atoms. The van der Waals surface area contributed by atoms with Gasteiger partial charge in [0.2, 0.25) is 17.9 Å². The molecular formula is C27H26Cl2F3N5O3. The van der Waals surface area contributed by atoms with Crippen LogP contribution in [0.5, 0.6) is 5.88 Å². The monoisotopic (exact) mass is 595 g/mol. The maximum absolute atomic E-state index is 14.1. The van der Waals surface area contributed by atoms with Gasteiger partial charge in [-0.25, -0.2) is 0 Å². The van der Waals surface area contributed by atoms with Gasteiger partial charge in [0.1, 0.15) is 11.9 Å². The van der Waals surface area contributed by atoms with Gasteiger partial charge in [-0.3, -0.25) is 4.79 Å². The third-order valence-electron chi connectivity index (χ3n) is 7.52. The Hall–Kier alpha value is -3.28. The summed E-state index contributed by atoms with van der Waals surface area (Å²) in [4.78, 5) is 21.4. The quantitative estimate of drug-likeness (QED) is 0.330. The van der Waals surface area contributed by atoms with Gasteiger partial charge in [-0.1, -0.05) is 53.5 Å². The number of alkyl halides is 3. The van der Waals surface area contributed by atoms with E-state index in [9.17, 15) is 23.1 Å². The number of nitrogen functional groups attached to an aromatic ring is 1. The zero-order chi connectivity index (χ0) is 28.7. The van der Waals surface area contributed by atoms with E-state index in [1.165, 1.54) is 18.2 Å². The van der Waals surface area contributed by atoms with E-state index in [0.29, 0.717) is 65.9 Å². The molecule has 1 spiro atoms. The number of aromatic nitrogens is 2. The molecule has 2 saturated heterocycles. The Morgan fingerprint density at radius 1 is 1.07 bits per heavy atom. The van der Waals surface area contributed by atoms with Crippen molar-refractivity contribution in [2.24, 2.45) is 5.41 Å². The van der Waals surface area contributed by atoms with Crippen LogP contribution in [0.2, 0.25) is 10.0 Å². The number of benzene rings is 2. The summed E-state index contributed by atoms with van der Waals surface area (Å²) in [5.74, 6) is -1.02. The second-order valence-electron chi connectivity index (χ2n) is 10.2. The number of rotatable bonds is 6. The first-order valence-electron chi connectivity index (χ1n) is 12.6. The summed E-state index contributed by atoms with van der Waals surface area (Å²) in [7, 11) is 0. The maximum atomic E-state index is 14.1. The molecule has 40 heavy (non-hydrogen) atoms.